The molecule has 2 unspecified atom stereocenters. The lowest BCUT2D eigenvalue weighted by molar-refractivity contribution is -0.113. The highest BCUT2D eigenvalue weighted by Crippen LogP contribution is 2.45. The first-order valence-corrected chi connectivity index (χ1v) is 8.06. The first-order valence-electron chi connectivity index (χ1n) is 7.68. The molecule has 2 fully saturated rings. The zero-order valence-electron chi connectivity index (χ0n) is 12.1. The van der Waals surface area contributed by atoms with Crippen molar-refractivity contribution in [3.63, 3.8) is 0 Å². The second kappa shape index (κ2) is 5.67. The third-order valence-electron chi connectivity index (χ3n) is 5.12. The topological polar surface area (TPSA) is 29.5 Å². The Morgan fingerprint density at radius 3 is 2.85 bits per heavy atom. The van der Waals surface area contributed by atoms with Crippen molar-refractivity contribution in [3.05, 3.63) is 34.3 Å². The average Bonchev–Trinajstić information content (AvgIpc) is 2.89. The van der Waals surface area contributed by atoms with Crippen LogP contribution in [0.3, 0.4) is 0 Å². The van der Waals surface area contributed by atoms with E-state index in [1.807, 2.05) is 25.1 Å². The standard InChI is InChI=1S/C17H23ClO2/c1-12-14(5-4-6-15(12)18)16(19)13-7-10-20-17(11-13)8-2-3-9-17/h4-6,13,16,19H,2-3,7-11H2,1H3. The maximum Gasteiger partial charge on any atom is 0.0823 e. The Kier molecular flexibility index (Phi) is 4.07. The molecule has 1 N–H and O–H groups in total. The van der Waals surface area contributed by atoms with E-state index in [4.69, 9.17) is 16.3 Å². The molecule has 0 aromatic heterocycles. The van der Waals surface area contributed by atoms with Crippen LogP contribution < -0.4 is 0 Å². The van der Waals surface area contributed by atoms with Gasteiger partial charge in [-0.3, -0.25) is 0 Å². The third kappa shape index (κ3) is 2.61. The fourth-order valence-corrected chi connectivity index (χ4v) is 4.08. The molecule has 0 amide bonds. The van der Waals surface area contributed by atoms with E-state index < -0.39 is 6.10 Å². The summed E-state index contributed by atoms with van der Waals surface area (Å²) >= 11 is 6.18. The number of aliphatic hydroxyl groups is 1. The predicted molar refractivity (Wildman–Crippen MR) is 81.0 cm³/mol. The molecule has 1 heterocycles. The number of halogens is 1. The Balaban J connectivity index is 1.79. The average molecular weight is 295 g/mol. The minimum atomic E-state index is -0.421. The molecule has 3 rings (SSSR count). The molecule has 2 nitrogen and oxygen atoms in total. The molecule has 1 aromatic rings. The molecule has 0 radical (unpaired) electrons. The van der Waals surface area contributed by atoms with Crippen LogP contribution >= 0.6 is 11.6 Å². The van der Waals surface area contributed by atoms with Crippen molar-refractivity contribution < 1.29 is 9.84 Å². The maximum absolute atomic E-state index is 10.8. The lowest BCUT2D eigenvalue weighted by Gasteiger charge is -2.40. The van der Waals surface area contributed by atoms with Gasteiger partial charge in [-0.2, -0.15) is 0 Å². The number of rotatable bonds is 2. The van der Waals surface area contributed by atoms with Crippen LogP contribution in [0.25, 0.3) is 0 Å². The molecule has 2 atom stereocenters. The molecule has 3 heteroatoms. The molecule has 0 bridgehead atoms. The van der Waals surface area contributed by atoms with Gasteiger partial charge in [0.25, 0.3) is 0 Å². The first-order chi connectivity index (χ1) is 9.61. The monoisotopic (exact) mass is 294 g/mol. The highest BCUT2D eigenvalue weighted by Gasteiger charge is 2.42. The Hall–Kier alpha value is -0.570. The van der Waals surface area contributed by atoms with Gasteiger partial charge in [0, 0.05) is 11.6 Å². The summed E-state index contributed by atoms with van der Waals surface area (Å²) in [5.41, 5.74) is 2.04. The van der Waals surface area contributed by atoms with Crippen molar-refractivity contribution in [2.75, 3.05) is 6.61 Å². The molecular formula is C17H23ClO2. The summed E-state index contributed by atoms with van der Waals surface area (Å²) < 4.78 is 6.06. The van der Waals surface area contributed by atoms with Crippen LogP contribution in [0, 0.1) is 12.8 Å². The summed E-state index contributed by atoms with van der Waals surface area (Å²) in [5.74, 6) is 0.291. The van der Waals surface area contributed by atoms with E-state index in [0.29, 0.717) is 5.92 Å². The van der Waals surface area contributed by atoms with Crippen LogP contribution in [-0.2, 0) is 4.74 Å². The minimum Gasteiger partial charge on any atom is -0.388 e. The number of benzene rings is 1. The molecular weight excluding hydrogens is 272 g/mol. The molecule has 1 saturated carbocycles. The summed E-state index contributed by atoms with van der Waals surface area (Å²) in [6, 6.07) is 5.82. The van der Waals surface area contributed by atoms with Crippen molar-refractivity contribution in [1.29, 1.82) is 0 Å². The Morgan fingerprint density at radius 1 is 1.35 bits per heavy atom. The molecule has 1 aliphatic carbocycles. The number of hydrogen-bond donors (Lipinski definition) is 1. The Labute approximate surface area is 126 Å². The lowest BCUT2D eigenvalue weighted by atomic mass is 9.79. The fraction of sp³-hybridized carbons (Fsp3) is 0.647. The summed E-state index contributed by atoms with van der Waals surface area (Å²) in [4.78, 5) is 0. The van der Waals surface area contributed by atoms with E-state index in [1.54, 1.807) is 0 Å². The SMILES string of the molecule is Cc1c(Cl)cccc1C(O)C1CCOC2(CCCC2)C1. The molecule has 1 spiro atoms. The van der Waals surface area contributed by atoms with Gasteiger partial charge in [-0.25, -0.2) is 0 Å². The van der Waals surface area contributed by atoms with E-state index >= 15 is 0 Å². The van der Waals surface area contributed by atoms with Crippen molar-refractivity contribution in [3.8, 4) is 0 Å². The van der Waals surface area contributed by atoms with Gasteiger partial charge >= 0.3 is 0 Å². The van der Waals surface area contributed by atoms with Crippen molar-refractivity contribution in [2.45, 2.75) is 57.2 Å². The molecule has 1 aliphatic heterocycles. The van der Waals surface area contributed by atoms with Crippen LogP contribution in [0.15, 0.2) is 18.2 Å². The third-order valence-corrected chi connectivity index (χ3v) is 5.53. The highest BCUT2D eigenvalue weighted by atomic mass is 35.5. The molecule has 1 aromatic carbocycles. The smallest absolute Gasteiger partial charge is 0.0823 e. The number of aliphatic hydroxyl groups excluding tert-OH is 1. The van der Waals surface area contributed by atoms with Crippen molar-refractivity contribution in [2.24, 2.45) is 5.92 Å². The van der Waals surface area contributed by atoms with Gasteiger partial charge in [-0.15, -0.1) is 0 Å². The Morgan fingerprint density at radius 2 is 2.10 bits per heavy atom. The van der Waals surface area contributed by atoms with E-state index in [0.717, 1.165) is 48.4 Å². The normalized spacial score (nSPS) is 26.9. The van der Waals surface area contributed by atoms with Crippen LogP contribution in [0.1, 0.15) is 55.8 Å². The van der Waals surface area contributed by atoms with Crippen LogP contribution in [0.4, 0.5) is 0 Å². The minimum absolute atomic E-state index is 0.0520. The second-order valence-electron chi connectivity index (χ2n) is 6.39. The van der Waals surface area contributed by atoms with Gasteiger partial charge in [-0.1, -0.05) is 36.6 Å². The van der Waals surface area contributed by atoms with E-state index in [-0.39, 0.29) is 5.60 Å². The van der Waals surface area contributed by atoms with Crippen molar-refractivity contribution >= 4 is 11.6 Å². The molecule has 110 valence electrons. The van der Waals surface area contributed by atoms with Gasteiger partial charge in [-0.05, 0) is 55.7 Å². The number of ether oxygens (including phenoxy) is 1. The van der Waals surface area contributed by atoms with E-state index in [9.17, 15) is 5.11 Å². The molecule has 1 saturated heterocycles. The van der Waals surface area contributed by atoms with Gasteiger partial charge in [0.1, 0.15) is 0 Å². The van der Waals surface area contributed by atoms with Gasteiger partial charge in [0.2, 0.25) is 0 Å². The van der Waals surface area contributed by atoms with Crippen LogP contribution in [0.5, 0.6) is 0 Å². The summed E-state index contributed by atoms with van der Waals surface area (Å²) in [6.45, 7) is 2.77. The largest absolute Gasteiger partial charge is 0.388 e. The lowest BCUT2D eigenvalue weighted by Crippen LogP contribution is -2.39. The molecule has 20 heavy (non-hydrogen) atoms. The van der Waals surface area contributed by atoms with Gasteiger partial charge < -0.3 is 9.84 Å². The van der Waals surface area contributed by atoms with Gasteiger partial charge in [0.15, 0.2) is 0 Å². The summed E-state index contributed by atoms with van der Waals surface area (Å²) in [5, 5.41) is 11.5. The summed E-state index contributed by atoms with van der Waals surface area (Å²) in [7, 11) is 0. The Bertz CT molecular complexity index is 480. The summed E-state index contributed by atoms with van der Waals surface area (Å²) in [6.07, 6.45) is 6.35. The predicted octanol–water partition coefficient (Wildman–Crippen LogP) is 4.42. The quantitative estimate of drug-likeness (QED) is 0.875. The maximum atomic E-state index is 10.8. The van der Waals surface area contributed by atoms with Crippen LogP contribution in [-0.4, -0.2) is 17.3 Å². The number of hydrogen-bond acceptors (Lipinski definition) is 2. The van der Waals surface area contributed by atoms with Crippen molar-refractivity contribution in [1.82, 2.24) is 0 Å². The zero-order chi connectivity index (χ0) is 14.2. The van der Waals surface area contributed by atoms with E-state index in [2.05, 4.69) is 0 Å². The van der Waals surface area contributed by atoms with Gasteiger partial charge in [0.05, 0.1) is 11.7 Å². The fourth-order valence-electron chi connectivity index (χ4n) is 3.90. The second-order valence-corrected chi connectivity index (χ2v) is 6.80. The zero-order valence-corrected chi connectivity index (χ0v) is 12.8. The van der Waals surface area contributed by atoms with E-state index in [1.165, 1.54) is 12.8 Å². The molecule has 2 aliphatic rings. The highest BCUT2D eigenvalue weighted by molar-refractivity contribution is 6.31. The van der Waals surface area contributed by atoms with Crippen LogP contribution in [0.2, 0.25) is 5.02 Å². The first kappa shape index (κ1) is 14.4.